The zero-order valence-electron chi connectivity index (χ0n) is 12.3. The number of hydrogen-bond acceptors (Lipinski definition) is 3. The van der Waals surface area contributed by atoms with E-state index in [0.29, 0.717) is 17.2 Å². The van der Waals surface area contributed by atoms with Crippen LogP contribution in [0.15, 0.2) is 48.5 Å². The van der Waals surface area contributed by atoms with Gasteiger partial charge in [-0.3, -0.25) is 4.79 Å². The van der Waals surface area contributed by atoms with Gasteiger partial charge in [-0.15, -0.1) is 11.8 Å². The first-order chi connectivity index (χ1) is 10.2. The van der Waals surface area contributed by atoms with Crippen LogP contribution in [0.1, 0.15) is 11.1 Å². The van der Waals surface area contributed by atoms with Gasteiger partial charge >= 0.3 is 0 Å². The van der Waals surface area contributed by atoms with E-state index < -0.39 is 0 Å². The highest BCUT2D eigenvalue weighted by atomic mass is 32.2. The number of carbonyl (C=O) groups excluding carboxylic acids is 1. The molecule has 0 unspecified atom stereocenters. The molecule has 0 aliphatic carbocycles. The Morgan fingerprint density at radius 1 is 1.19 bits per heavy atom. The minimum absolute atomic E-state index is 0.0165. The Bertz CT molecular complexity index is 613. The third kappa shape index (κ3) is 4.83. The van der Waals surface area contributed by atoms with E-state index in [9.17, 15) is 4.79 Å². The molecule has 4 heteroatoms. The van der Waals surface area contributed by atoms with E-state index in [1.807, 2.05) is 30.3 Å². The molecule has 2 rings (SSSR count). The smallest absolute Gasteiger partial charge is 0.234 e. The Hall–Kier alpha value is -1.94. The van der Waals surface area contributed by atoms with Gasteiger partial charge in [-0.05, 0) is 24.6 Å². The van der Waals surface area contributed by atoms with Gasteiger partial charge in [-0.2, -0.15) is 0 Å². The van der Waals surface area contributed by atoms with Crippen molar-refractivity contribution in [1.29, 1.82) is 0 Å². The lowest BCUT2D eigenvalue weighted by atomic mass is 10.2. The Labute approximate surface area is 129 Å². The highest BCUT2D eigenvalue weighted by molar-refractivity contribution is 7.99. The van der Waals surface area contributed by atoms with E-state index in [0.717, 1.165) is 5.75 Å². The van der Waals surface area contributed by atoms with Crippen LogP contribution in [-0.4, -0.2) is 18.8 Å². The summed E-state index contributed by atoms with van der Waals surface area (Å²) in [5.74, 6) is 1.92. The maximum atomic E-state index is 12.0. The van der Waals surface area contributed by atoms with E-state index in [-0.39, 0.29) is 5.91 Å². The van der Waals surface area contributed by atoms with Crippen molar-refractivity contribution in [3.8, 4) is 5.75 Å². The first-order valence-corrected chi connectivity index (χ1v) is 7.90. The molecule has 0 aliphatic heterocycles. The van der Waals surface area contributed by atoms with Crippen LogP contribution < -0.4 is 10.1 Å². The number of carbonyl (C=O) groups is 1. The Kier molecular flexibility index (Phi) is 5.69. The average molecular weight is 301 g/mol. The van der Waals surface area contributed by atoms with Crippen molar-refractivity contribution in [3.63, 3.8) is 0 Å². The predicted octanol–water partition coefficient (Wildman–Crippen LogP) is 3.88. The Balaban J connectivity index is 1.82. The lowest BCUT2D eigenvalue weighted by Crippen LogP contribution is -2.14. The van der Waals surface area contributed by atoms with Crippen LogP contribution >= 0.6 is 11.8 Å². The molecule has 0 saturated carbocycles. The van der Waals surface area contributed by atoms with Crippen molar-refractivity contribution in [2.45, 2.75) is 12.7 Å². The van der Waals surface area contributed by atoms with Gasteiger partial charge in [0.15, 0.2) is 0 Å². The first-order valence-electron chi connectivity index (χ1n) is 6.75. The summed E-state index contributed by atoms with van der Waals surface area (Å²) >= 11 is 1.60. The summed E-state index contributed by atoms with van der Waals surface area (Å²) in [5.41, 5.74) is 3.19. The topological polar surface area (TPSA) is 38.3 Å². The van der Waals surface area contributed by atoms with Crippen LogP contribution in [0.25, 0.3) is 0 Å². The molecule has 0 bridgehead atoms. The molecule has 2 aromatic rings. The lowest BCUT2D eigenvalue weighted by molar-refractivity contribution is -0.113. The maximum Gasteiger partial charge on any atom is 0.234 e. The summed E-state index contributed by atoms with van der Waals surface area (Å²) in [4.78, 5) is 12.0. The summed E-state index contributed by atoms with van der Waals surface area (Å²) in [7, 11) is 1.59. The molecule has 21 heavy (non-hydrogen) atoms. The molecular formula is C17H19NO2S. The number of nitrogens with one attached hydrogen (secondary N) is 1. The molecule has 0 radical (unpaired) electrons. The lowest BCUT2D eigenvalue weighted by Gasteiger charge is -2.09. The number of para-hydroxylation sites is 2. The fourth-order valence-electron chi connectivity index (χ4n) is 2.00. The summed E-state index contributed by atoms with van der Waals surface area (Å²) in [6.07, 6.45) is 0. The number of methoxy groups -OCH3 is 1. The van der Waals surface area contributed by atoms with E-state index in [4.69, 9.17) is 4.74 Å². The second-order valence-electron chi connectivity index (χ2n) is 4.73. The van der Waals surface area contributed by atoms with Crippen LogP contribution in [0.3, 0.4) is 0 Å². The van der Waals surface area contributed by atoms with Gasteiger partial charge in [0.25, 0.3) is 0 Å². The molecule has 2 aromatic carbocycles. The molecular weight excluding hydrogens is 282 g/mol. The summed E-state index contributed by atoms with van der Waals surface area (Å²) in [6, 6.07) is 15.8. The number of aryl methyl sites for hydroxylation is 1. The molecule has 0 spiro atoms. The molecule has 1 N–H and O–H groups in total. The van der Waals surface area contributed by atoms with E-state index in [2.05, 4.69) is 30.4 Å². The van der Waals surface area contributed by atoms with Crippen molar-refractivity contribution in [3.05, 3.63) is 59.7 Å². The number of thioether (sulfide) groups is 1. The van der Waals surface area contributed by atoms with E-state index in [1.165, 1.54) is 11.1 Å². The Morgan fingerprint density at radius 2 is 2.00 bits per heavy atom. The highest BCUT2D eigenvalue weighted by Crippen LogP contribution is 2.23. The fraction of sp³-hybridized carbons (Fsp3) is 0.235. The van der Waals surface area contributed by atoms with E-state index >= 15 is 0 Å². The average Bonchev–Trinajstić information content (AvgIpc) is 2.48. The molecule has 0 aromatic heterocycles. The fourth-order valence-corrected chi connectivity index (χ4v) is 2.77. The number of ether oxygens (including phenoxy) is 1. The number of anilines is 1. The van der Waals surface area contributed by atoms with Crippen molar-refractivity contribution >= 4 is 23.4 Å². The molecule has 110 valence electrons. The molecule has 0 aliphatic rings. The normalized spacial score (nSPS) is 10.2. The Morgan fingerprint density at radius 3 is 2.76 bits per heavy atom. The van der Waals surface area contributed by atoms with Crippen molar-refractivity contribution in [1.82, 2.24) is 0 Å². The van der Waals surface area contributed by atoms with Gasteiger partial charge in [0, 0.05) is 5.75 Å². The van der Waals surface area contributed by atoms with Crippen molar-refractivity contribution in [2.24, 2.45) is 0 Å². The van der Waals surface area contributed by atoms with Gasteiger partial charge < -0.3 is 10.1 Å². The number of amides is 1. The highest BCUT2D eigenvalue weighted by Gasteiger charge is 2.07. The first kappa shape index (κ1) is 15.4. The number of hydrogen-bond donors (Lipinski definition) is 1. The second kappa shape index (κ2) is 7.74. The summed E-state index contributed by atoms with van der Waals surface area (Å²) in [6.45, 7) is 2.07. The quantitative estimate of drug-likeness (QED) is 0.880. The predicted molar refractivity (Wildman–Crippen MR) is 89.0 cm³/mol. The van der Waals surface area contributed by atoms with Crippen LogP contribution in [0, 0.1) is 6.92 Å². The van der Waals surface area contributed by atoms with Crippen LogP contribution in [-0.2, 0) is 10.5 Å². The van der Waals surface area contributed by atoms with Crippen LogP contribution in [0.5, 0.6) is 5.75 Å². The summed E-state index contributed by atoms with van der Waals surface area (Å²) < 4.78 is 5.21. The molecule has 0 heterocycles. The van der Waals surface area contributed by atoms with Gasteiger partial charge in [0.05, 0.1) is 18.6 Å². The number of benzene rings is 2. The van der Waals surface area contributed by atoms with Gasteiger partial charge in [-0.1, -0.05) is 42.0 Å². The largest absolute Gasteiger partial charge is 0.495 e. The number of rotatable bonds is 6. The molecule has 1 amide bonds. The standard InChI is InChI=1S/C17H19NO2S/c1-13-6-5-7-14(10-13)11-21-12-17(19)18-15-8-3-4-9-16(15)20-2/h3-10H,11-12H2,1-2H3,(H,18,19). The van der Waals surface area contributed by atoms with Gasteiger partial charge in [-0.25, -0.2) is 0 Å². The molecule has 0 saturated heterocycles. The van der Waals surface area contributed by atoms with E-state index in [1.54, 1.807) is 18.9 Å². The maximum absolute atomic E-state index is 12.0. The van der Waals surface area contributed by atoms with Crippen molar-refractivity contribution in [2.75, 3.05) is 18.2 Å². The second-order valence-corrected chi connectivity index (χ2v) is 5.72. The zero-order valence-corrected chi connectivity index (χ0v) is 13.1. The van der Waals surface area contributed by atoms with Gasteiger partial charge in [0.2, 0.25) is 5.91 Å². The molecule has 3 nitrogen and oxygen atoms in total. The minimum atomic E-state index is -0.0165. The monoisotopic (exact) mass is 301 g/mol. The molecule has 0 fully saturated rings. The molecule has 0 atom stereocenters. The van der Waals surface area contributed by atoms with Crippen LogP contribution in [0.4, 0.5) is 5.69 Å². The van der Waals surface area contributed by atoms with Crippen molar-refractivity contribution < 1.29 is 9.53 Å². The zero-order chi connectivity index (χ0) is 15.1. The minimum Gasteiger partial charge on any atom is -0.495 e. The van der Waals surface area contributed by atoms with Crippen LogP contribution in [0.2, 0.25) is 0 Å². The SMILES string of the molecule is COc1ccccc1NC(=O)CSCc1cccc(C)c1. The third-order valence-corrected chi connectivity index (χ3v) is 3.97. The summed E-state index contributed by atoms with van der Waals surface area (Å²) in [5, 5.41) is 2.87. The third-order valence-electron chi connectivity index (χ3n) is 2.97. The van der Waals surface area contributed by atoms with Gasteiger partial charge in [0.1, 0.15) is 5.75 Å².